The molecule has 0 atom stereocenters. The SMILES string of the molecule is N#Cc1cc(S(=O)(=O)Nc2ccc(F)cn2)ccc1Oc1ccccc1OC(F)(F)F. The van der Waals surface area contributed by atoms with E-state index in [0.717, 1.165) is 42.6 Å². The number of hydrogen-bond donors (Lipinski definition) is 1. The molecule has 0 aliphatic rings. The third-order valence-corrected chi connectivity index (χ3v) is 5.00. The molecule has 0 saturated carbocycles. The van der Waals surface area contributed by atoms with Gasteiger partial charge in [-0.2, -0.15) is 5.26 Å². The van der Waals surface area contributed by atoms with Crippen LogP contribution in [0.15, 0.2) is 65.7 Å². The highest BCUT2D eigenvalue weighted by Crippen LogP contribution is 2.36. The summed E-state index contributed by atoms with van der Waals surface area (Å²) >= 11 is 0. The number of rotatable bonds is 6. The summed E-state index contributed by atoms with van der Waals surface area (Å²) in [6.07, 6.45) is -4.15. The van der Waals surface area contributed by atoms with Crippen LogP contribution in [0.5, 0.6) is 17.2 Å². The monoisotopic (exact) mass is 453 g/mol. The van der Waals surface area contributed by atoms with Gasteiger partial charge in [0, 0.05) is 0 Å². The van der Waals surface area contributed by atoms with Crippen molar-refractivity contribution in [2.45, 2.75) is 11.3 Å². The Hall–Kier alpha value is -3.85. The van der Waals surface area contributed by atoms with Crippen LogP contribution in [0.1, 0.15) is 5.56 Å². The van der Waals surface area contributed by atoms with Crippen LogP contribution in [0, 0.1) is 17.1 Å². The number of halogens is 4. The highest BCUT2D eigenvalue weighted by Gasteiger charge is 2.32. The first kappa shape index (κ1) is 21.8. The Morgan fingerprint density at radius 2 is 1.71 bits per heavy atom. The lowest BCUT2D eigenvalue weighted by Crippen LogP contribution is -2.17. The van der Waals surface area contributed by atoms with Crippen molar-refractivity contribution in [2.24, 2.45) is 0 Å². The number of hydrogen-bond acceptors (Lipinski definition) is 6. The van der Waals surface area contributed by atoms with Crippen LogP contribution in [0.25, 0.3) is 0 Å². The first-order valence-electron chi connectivity index (χ1n) is 8.28. The van der Waals surface area contributed by atoms with Crippen LogP contribution in [0.4, 0.5) is 23.4 Å². The highest BCUT2D eigenvalue weighted by molar-refractivity contribution is 7.92. The minimum absolute atomic E-state index is 0.154. The number of pyridine rings is 1. The van der Waals surface area contributed by atoms with E-state index >= 15 is 0 Å². The fraction of sp³-hybridized carbons (Fsp3) is 0.0526. The van der Waals surface area contributed by atoms with Gasteiger partial charge >= 0.3 is 6.36 Å². The maximum Gasteiger partial charge on any atom is 0.573 e. The lowest BCUT2D eigenvalue weighted by atomic mass is 10.2. The number of sulfonamides is 1. The van der Waals surface area contributed by atoms with E-state index in [9.17, 15) is 31.2 Å². The van der Waals surface area contributed by atoms with Crippen molar-refractivity contribution >= 4 is 15.8 Å². The fourth-order valence-corrected chi connectivity index (χ4v) is 3.38. The summed E-state index contributed by atoms with van der Waals surface area (Å²) in [5.41, 5.74) is -0.267. The molecule has 3 rings (SSSR count). The molecule has 0 aliphatic heterocycles. The Balaban J connectivity index is 1.89. The van der Waals surface area contributed by atoms with Gasteiger partial charge in [-0.3, -0.25) is 4.72 Å². The second-order valence-corrected chi connectivity index (χ2v) is 7.52. The number of alkyl halides is 3. The van der Waals surface area contributed by atoms with Crippen molar-refractivity contribution in [3.8, 4) is 23.3 Å². The topological polar surface area (TPSA) is 101 Å². The van der Waals surface area contributed by atoms with Gasteiger partial charge in [0.2, 0.25) is 0 Å². The third kappa shape index (κ3) is 5.61. The molecule has 1 aromatic heterocycles. The molecule has 0 fully saturated rings. The minimum atomic E-state index is -4.96. The van der Waals surface area contributed by atoms with E-state index in [4.69, 9.17) is 4.74 Å². The first-order chi connectivity index (χ1) is 14.6. The van der Waals surface area contributed by atoms with Crippen molar-refractivity contribution in [3.05, 3.63) is 72.2 Å². The summed E-state index contributed by atoms with van der Waals surface area (Å²) in [6, 6.07) is 11.9. The van der Waals surface area contributed by atoms with E-state index < -0.39 is 28.0 Å². The van der Waals surface area contributed by atoms with Crippen LogP contribution in [-0.4, -0.2) is 19.8 Å². The Labute approximate surface area is 173 Å². The van der Waals surface area contributed by atoms with E-state index in [1.807, 2.05) is 0 Å². The van der Waals surface area contributed by atoms with E-state index in [1.54, 1.807) is 6.07 Å². The Kier molecular flexibility index (Phi) is 5.98. The van der Waals surface area contributed by atoms with Gasteiger partial charge in [0.15, 0.2) is 11.5 Å². The summed E-state index contributed by atoms with van der Waals surface area (Å²) in [5, 5.41) is 9.35. The van der Waals surface area contributed by atoms with Crippen molar-refractivity contribution in [2.75, 3.05) is 4.72 Å². The predicted octanol–water partition coefficient (Wildman–Crippen LogP) is 4.58. The first-order valence-corrected chi connectivity index (χ1v) is 9.77. The van der Waals surface area contributed by atoms with Gasteiger partial charge in [-0.15, -0.1) is 13.2 Å². The van der Waals surface area contributed by atoms with E-state index in [2.05, 4.69) is 14.4 Å². The summed E-state index contributed by atoms with van der Waals surface area (Å²) in [4.78, 5) is 3.24. The number of anilines is 1. The lowest BCUT2D eigenvalue weighted by molar-refractivity contribution is -0.275. The lowest BCUT2D eigenvalue weighted by Gasteiger charge is -2.15. The Morgan fingerprint density at radius 3 is 2.32 bits per heavy atom. The summed E-state index contributed by atoms with van der Waals surface area (Å²) < 4.78 is 87.0. The van der Waals surface area contributed by atoms with Crippen molar-refractivity contribution in [1.82, 2.24) is 4.98 Å². The molecule has 2 aromatic carbocycles. The van der Waals surface area contributed by atoms with Crippen LogP contribution in [0.3, 0.4) is 0 Å². The number of benzene rings is 2. The molecule has 1 N–H and O–H groups in total. The van der Waals surface area contributed by atoms with E-state index in [0.29, 0.717) is 0 Å². The molecule has 12 heteroatoms. The Bertz CT molecular complexity index is 1240. The fourth-order valence-electron chi connectivity index (χ4n) is 2.35. The maximum atomic E-state index is 12.9. The predicted molar refractivity (Wildman–Crippen MR) is 99.4 cm³/mol. The van der Waals surface area contributed by atoms with Gasteiger partial charge < -0.3 is 9.47 Å². The van der Waals surface area contributed by atoms with Crippen molar-refractivity contribution < 1.29 is 35.5 Å². The molecule has 0 bridgehead atoms. The van der Waals surface area contributed by atoms with Crippen LogP contribution in [-0.2, 0) is 10.0 Å². The molecular weight excluding hydrogens is 442 g/mol. The zero-order chi connectivity index (χ0) is 22.6. The smallest absolute Gasteiger partial charge is 0.452 e. The van der Waals surface area contributed by atoms with Gasteiger partial charge in [-0.25, -0.2) is 17.8 Å². The zero-order valence-electron chi connectivity index (χ0n) is 15.2. The van der Waals surface area contributed by atoms with Gasteiger partial charge in [-0.05, 0) is 42.5 Å². The zero-order valence-corrected chi connectivity index (χ0v) is 16.0. The number of para-hydroxylation sites is 2. The second kappa shape index (κ2) is 8.49. The number of nitrogens with one attached hydrogen (secondary N) is 1. The molecule has 0 saturated heterocycles. The molecule has 0 unspecified atom stereocenters. The van der Waals surface area contributed by atoms with Crippen LogP contribution < -0.4 is 14.2 Å². The molecule has 0 amide bonds. The summed E-state index contributed by atoms with van der Waals surface area (Å²) in [5.74, 6) is -1.98. The minimum Gasteiger partial charge on any atom is -0.452 e. The van der Waals surface area contributed by atoms with Gasteiger partial charge in [0.25, 0.3) is 10.0 Å². The molecule has 160 valence electrons. The van der Waals surface area contributed by atoms with Gasteiger partial charge in [0.1, 0.15) is 23.5 Å². The summed E-state index contributed by atoms with van der Waals surface area (Å²) in [6.45, 7) is 0. The second-order valence-electron chi connectivity index (χ2n) is 5.83. The van der Waals surface area contributed by atoms with Crippen LogP contribution >= 0.6 is 0 Å². The van der Waals surface area contributed by atoms with Crippen LogP contribution in [0.2, 0.25) is 0 Å². The summed E-state index contributed by atoms with van der Waals surface area (Å²) in [7, 11) is -4.20. The number of nitriles is 1. The number of ether oxygens (including phenoxy) is 2. The molecule has 1 heterocycles. The molecule has 31 heavy (non-hydrogen) atoms. The van der Waals surface area contributed by atoms with Crippen molar-refractivity contribution in [3.63, 3.8) is 0 Å². The highest BCUT2D eigenvalue weighted by atomic mass is 32.2. The van der Waals surface area contributed by atoms with Gasteiger partial charge in [-0.1, -0.05) is 12.1 Å². The number of nitrogens with zero attached hydrogens (tertiary/aromatic N) is 2. The quantitative estimate of drug-likeness (QED) is 0.548. The molecule has 0 aliphatic carbocycles. The normalized spacial score (nSPS) is 11.5. The molecule has 0 radical (unpaired) electrons. The molecule has 7 nitrogen and oxygen atoms in total. The standard InChI is InChI=1S/C19H11F4N3O4S/c20-13-5-8-18(25-11-13)26-31(27,28)14-6-7-15(12(9-14)10-24)29-16-3-1-2-4-17(16)30-19(21,22)23/h1-9,11H,(H,25,26). The molecule has 3 aromatic rings. The van der Waals surface area contributed by atoms with Crippen molar-refractivity contribution in [1.29, 1.82) is 5.26 Å². The average molecular weight is 453 g/mol. The molecule has 0 spiro atoms. The van der Waals surface area contributed by atoms with Gasteiger partial charge in [0.05, 0.1) is 16.7 Å². The van der Waals surface area contributed by atoms with E-state index in [-0.39, 0.29) is 27.8 Å². The molecular formula is C19H11F4N3O4S. The third-order valence-electron chi connectivity index (χ3n) is 3.64. The van der Waals surface area contributed by atoms with E-state index in [1.165, 1.54) is 18.2 Å². The average Bonchev–Trinajstić information content (AvgIpc) is 2.70. The largest absolute Gasteiger partial charge is 0.573 e. The maximum absolute atomic E-state index is 12.9. The number of aromatic nitrogens is 1. The Morgan fingerprint density at radius 1 is 1.00 bits per heavy atom.